The van der Waals surface area contributed by atoms with E-state index in [2.05, 4.69) is 23.0 Å². The Labute approximate surface area is 163 Å². The maximum absolute atomic E-state index is 13.1. The number of nitrogens with zero attached hydrogens (tertiary/aromatic N) is 1. The molecule has 2 aromatic rings. The van der Waals surface area contributed by atoms with Gasteiger partial charge in [0.1, 0.15) is 5.54 Å². The summed E-state index contributed by atoms with van der Waals surface area (Å²) in [5.74, 6) is -0.382. The number of nitrogens with one attached hydrogen (secondary N) is 3. The predicted octanol–water partition coefficient (Wildman–Crippen LogP) is 3.31. The lowest BCUT2D eigenvalue weighted by atomic mass is 9.87. The van der Waals surface area contributed by atoms with Crippen molar-refractivity contribution in [1.82, 2.24) is 15.8 Å². The third-order valence-electron chi connectivity index (χ3n) is 4.69. The van der Waals surface area contributed by atoms with Crippen LogP contribution in [-0.4, -0.2) is 22.1 Å². The third-order valence-corrected chi connectivity index (χ3v) is 4.89. The van der Waals surface area contributed by atoms with Gasteiger partial charge in [0.25, 0.3) is 5.91 Å². The van der Waals surface area contributed by atoms with Crippen LogP contribution in [0.25, 0.3) is 0 Å². The smallest absolute Gasteiger partial charge is 0.331 e. The van der Waals surface area contributed by atoms with E-state index in [-0.39, 0.29) is 11.0 Å². The van der Waals surface area contributed by atoms with Gasteiger partial charge in [-0.2, -0.15) is 5.01 Å². The summed E-state index contributed by atoms with van der Waals surface area (Å²) < 4.78 is 0. The summed E-state index contributed by atoms with van der Waals surface area (Å²) in [6.45, 7) is 3.93. The standard InChI is InChI=1S/C20H22N4O2S/c1-3-14-9-8-12-16(13-14)21-18(27)23-24-17(25)20(4-2,22-19(24)26)15-10-6-5-7-11-15/h5-13H,3-4H2,1-2H3,(H,22,26)(H2,21,23,27)/t20-/m1/s1. The molecule has 0 spiro atoms. The van der Waals surface area contributed by atoms with Gasteiger partial charge in [0.15, 0.2) is 5.11 Å². The minimum Gasteiger partial charge on any atom is -0.331 e. The van der Waals surface area contributed by atoms with Crippen molar-refractivity contribution >= 4 is 35.0 Å². The number of urea groups is 1. The lowest BCUT2D eigenvalue weighted by Gasteiger charge is -2.25. The largest absolute Gasteiger partial charge is 0.344 e. The zero-order valence-electron chi connectivity index (χ0n) is 15.3. The lowest BCUT2D eigenvalue weighted by Crippen LogP contribution is -2.49. The molecule has 1 atom stereocenters. The van der Waals surface area contributed by atoms with E-state index in [4.69, 9.17) is 12.2 Å². The summed E-state index contributed by atoms with van der Waals surface area (Å²) in [5.41, 5.74) is 4.32. The maximum atomic E-state index is 13.1. The van der Waals surface area contributed by atoms with Crippen molar-refractivity contribution in [2.24, 2.45) is 0 Å². The van der Waals surface area contributed by atoms with E-state index < -0.39 is 11.6 Å². The molecule has 0 unspecified atom stereocenters. The van der Waals surface area contributed by atoms with E-state index in [1.807, 2.05) is 61.5 Å². The summed E-state index contributed by atoms with van der Waals surface area (Å²) >= 11 is 5.29. The van der Waals surface area contributed by atoms with E-state index in [9.17, 15) is 9.59 Å². The van der Waals surface area contributed by atoms with Crippen LogP contribution in [0.2, 0.25) is 0 Å². The first-order valence-corrected chi connectivity index (χ1v) is 9.29. The fourth-order valence-electron chi connectivity index (χ4n) is 3.17. The Balaban J connectivity index is 1.76. The zero-order valence-corrected chi connectivity index (χ0v) is 16.1. The predicted molar refractivity (Wildman–Crippen MR) is 109 cm³/mol. The van der Waals surface area contributed by atoms with Gasteiger partial charge in [0, 0.05) is 5.69 Å². The fraction of sp³-hybridized carbons (Fsp3) is 0.250. The molecule has 0 aliphatic carbocycles. The molecule has 6 nitrogen and oxygen atoms in total. The number of rotatable bonds is 5. The normalized spacial score (nSPS) is 19.0. The van der Waals surface area contributed by atoms with Crippen LogP contribution in [0.1, 0.15) is 31.4 Å². The number of thiocarbonyl (C=S) groups is 1. The molecule has 27 heavy (non-hydrogen) atoms. The average Bonchev–Trinajstić information content (AvgIpc) is 2.94. The molecule has 1 heterocycles. The van der Waals surface area contributed by atoms with Gasteiger partial charge in [-0.25, -0.2) is 4.79 Å². The van der Waals surface area contributed by atoms with Crippen LogP contribution in [-0.2, 0) is 16.8 Å². The fourth-order valence-corrected chi connectivity index (χ4v) is 3.38. The van der Waals surface area contributed by atoms with Gasteiger partial charge in [-0.1, -0.05) is 56.3 Å². The van der Waals surface area contributed by atoms with Crippen molar-refractivity contribution in [2.45, 2.75) is 32.2 Å². The Morgan fingerprint density at radius 1 is 1.11 bits per heavy atom. The highest BCUT2D eigenvalue weighted by atomic mass is 32.1. The molecule has 2 aromatic carbocycles. The van der Waals surface area contributed by atoms with Crippen molar-refractivity contribution in [3.05, 3.63) is 65.7 Å². The second-order valence-corrected chi connectivity index (χ2v) is 6.72. The van der Waals surface area contributed by atoms with Crippen LogP contribution in [0.3, 0.4) is 0 Å². The Kier molecular flexibility index (Phi) is 5.41. The SMILES string of the molecule is CCc1cccc(NC(=S)NN2C(=O)N[C@](CC)(c3ccccc3)C2=O)c1. The molecule has 7 heteroatoms. The third kappa shape index (κ3) is 3.64. The van der Waals surface area contributed by atoms with Gasteiger partial charge >= 0.3 is 6.03 Å². The minimum absolute atomic E-state index is 0.173. The van der Waals surface area contributed by atoms with Gasteiger partial charge in [-0.3, -0.25) is 10.2 Å². The van der Waals surface area contributed by atoms with Crippen molar-refractivity contribution in [2.75, 3.05) is 5.32 Å². The molecule has 1 fully saturated rings. The molecular formula is C20H22N4O2S. The van der Waals surface area contributed by atoms with Gasteiger partial charge < -0.3 is 10.6 Å². The molecule has 3 amide bonds. The molecule has 0 bridgehead atoms. The summed E-state index contributed by atoms with van der Waals surface area (Å²) in [6.07, 6.45) is 1.33. The number of carbonyl (C=O) groups excluding carboxylic acids is 2. The van der Waals surface area contributed by atoms with Crippen LogP contribution in [0.15, 0.2) is 54.6 Å². The second-order valence-electron chi connectivity index (χ2n) is 6.32. The summed E-state index contributed by atoms with van der Waals surface area (Å²) in [4.78, 5) is 25.5. The Morgan fingerprint density at radius 3 is 2.52 bits per heavy atom. The first-order valence-electron chi connectivity index (χ1n) is 8.89. The quantitative estimate of drug-likeness (QED) is 0.547. The van der Waals surface area contributed by atoms with E-state index >= 15 is 0 Å². The first kappa shape index (κ1) is 18.8. The molecule has 1 aliphatic heterocycles. The topological polar surface area (TPSA) is 73.5 Å². The second kappa shape index (κ2) is 7.75. The molecule has 3 N–H and O–H groups in total. The zero-order chi connectivity index (χ0) is 19.4. The molecular weight excluding hydrogens is 360 g/mol. The molecule has 1 aliphatic rings. The number of hydrazine groups is 1. The number of imide groups is 1. The van der Waals surface area contributed by atoms with Gasteiger partial charge in [0.05, 0.1) is 0 Å². The molecule has 0 saturated carbocycles. The molecule has 0 aromatic heterocycles. The molecule has 3 rings (SSSR count). The van der Waals surface area contributed by atoms with Gasteiger partial charge in [-0.05, 0) is 48.3 Å². The Morgan fingerprint density at radius 2 is 1.85 bits per heavy atom. The average molecular weight is 382 g/mol. The molecule has 1 saturated heterocycles. The van der Waals surface area contributed by atoms with Crippen LogP contribution in [0.5, 0.6) is 0 Å². The van der Waals surface area contributed by atoms with Crippen LogP contribution < -0.4 is 16.1 Å². The Hall–Kier alpha value is -2.93. The van der Waals surface area contributed by atoms with Crippen LogP contribution >= 0.6 is 12.2 Å². The van der Waals surface area contributed by atoms with Crippen molar-refractivity contribution in [1.29, 1.82) is 0 Å². The van der Waals surface area contributed by atoms with Crippen molar-refractivity contribution < 1.29 is 9.59 Å². The number of amides is 3. The molecule has 140 valence electrons. The number of hydrogen-bond acceptors (Lipinski definition) is 3. The highest BCUT2D eigenvalue weighted by molar-refractivity contribution is 7.80. The number of hydrogen-bond donors (Lipinski definition) is 3. The van der Waals surface area contributed by atoms with E-state index in [0.717, 1.165) is 28.2 Å². The highest BCUT2D eigenvalue weighted by Crippen LogP contribution is 2.31. The lowest BCUT2D eigenvalue weighted by molar-refractivity contribution is -0.133. The van der Waals surface area contributed by atoms with Crippen molar-refractivity contribution in [3.63, 3.8) is 0 Å². The Bertz CT molecular complexity index is 871. The highest BCUT2D eigenvalue weighted by Gasteiger charge is 2.51. The van der Waals surface area contributed by atoms with Gasteiger partial charge in [0.2, 0.25) is 0 Å². The number of anilines is 1. The van der Waals surface area contributed by atoms with E-state index in [1.54, 1.807) is 0 Å². The van der Waals surface area contributed by atoms with Crippen molar-refractivity contribution in [3.8, 4) is 0 Å². The summed E-state index contributed by atoms with van der Waals surface area (Å²) in [7, 11) is 0. The van der Waals surface area contributed by atoms with E-state index in [1.165, 1.54) is 0 Å². The first-order chi connectivity index (χ1) is 13.0. The summed E-state index contributed by atoms with van der Waals surface area (Å²) in [6, 6.07) is 16.5. The van der Waals surface area contributed by atoms with Gasteiger partial charge in [-0.15, -0.1) is 0 Å². The number of aryl methyl sites for hydroxylation is 1. The number of benzene rings is 2. The minimum atomic E-state index is -1.09. The monoisotopic (exact) mass is 382 g/mol. The number of carbonyl (C=O) groups is 2. The maximum Gasteiger partial charge on any atom is 0.344 e. The van der Waals surface area contributed by atoms with E-state index in [0.29, 0.717) is 6.42 Å². The summed E-state index contributed by atoms with van der Waals surface area (Å²) in [5, 5.41) is 6.94. The molecule has 0 radical (unpaired) electrons. The van der Waals surface area contributed by atoms with Crippen LogP contribution in [0.4, 0.5) is 10.5 Å². The van der Waals surface area contributed by atoms with Crippen LogP contribution in [0, 0.1) is 0 Å².